The predicted molar refractivity (Wildman–Crippen MR) is 72.6 cm³/mol. The summed E-state index contributed by atoms with van der Waals surface area (Å²) in [5.74, 6) is -1.12. The summed E-state index contributed by atoms with van der Waals surface area (Å²) in [6.07, 6.45) is -2.44. The SMILES string of the molecule is NC(=O)c1ccc(-c2cnc3nc[nH]n3c2=O)cc1C(F)(F)F. The van der Waals surface area contributed by atoms with E-state index in [1.165, 1.54) is 12.4 Å². The number of aromatic amines is 1. The van der Waals surface area contributed by atoms with E-state index in [0.717, 1.165) is 16.8 Å². The highest BCUT2D eigenvalue weighted by Gasteiger charge is 2.35. The second-order valence-electron chi connectivity index (χ2n) is 4.62. The van der Waals surface area contributed by atoms with Crippen LogP contribution in [0.1, 0.15) is 15.9 Å². The first-order valence-corrected chi connectivity index (χ1v) is 6.21. The Labute approximate surface area is 125 Å². The maximum Gasteiger partial charge on any atom is 0.417 e. The van der Waals surface area contributed by atoms with Crippen LogP contribution in [-0.2, 0) is 6.18 Å². The molecule has 0 spiro atoms. The smallest absolute Gasteiger partial charge is 0.366 e. The Morgan fingerprint density at radius 3 is 2.65 bits per heavy atom. The average Bonchev–Trinajstić information content (AvgIpc) is 2.95. The van der Waals surface area contributed by atoms with Crippen LogP contribution in [0.15, 0.2) is 35.5 Å². The number of hydrogen-bond acceptors (Lipinski definition) is 4. The molecule has 23 heavy (non-hydrogen) atoms. The zero-order chi connectivity index (χ0) is 16.8. The van der Waals surface area contributed by atoms with Crippen molar-refractivity contribution in [2.75, 3.05) is 0 Å². The van der Waals surface area contributed by atoms with Gasteiger partial charge >= 0.3 is 6.18 Å². The zero-order valence-corrected chi connectivity index (χ0v) is 11.3. The van der Waals surface area contributed by atoms with E-state index in [1.54, 1.807) is 0 Å². The van der Waals surface area contributed by atoms with Crippen molar-refractivity contribution in [1.82, 2.24) is 19.6 Å². The highest BCUT2D eigenvalue weighted by Crippen LogP contribution is 2.34. The van der Waals surface area contributed by atoms with Crippen LogP contribution in [0.5, 0.6) is 0 Å². The van der Waals surface area contributed by atoms with Crippen LogP contribution < -0.4 is 11.3 Å². The van der Waals surface area contributed by atoms with Crippen LogP contribution in [-0.4, -0.2) is 25.5 Å². The molecule has 0 saturated heterocycles. The number of rotatable bonds is 2. The maximum atomic E-state index is 13.1. The summed E-state index contributed by atoms with van der Waals surface area (Å²) in [5, 5.41) is 2.51. The number of nitrogens with two attached hydrogens (primary N) is 1. The molecule has 0 unspecified atom stereocenters. The van der Waals surface area contributed by atoms with Gasteiger partial charge in [0.2, 0.25) is 5.91 Å². The average molecular weight is 323 g/mol. The number of benzene rings is 1. The number of primary amides is 1. The minimum Gasteiger partial charge on any atom is -0.366 e. The first-order valence-electron chi connectivity index (χ1n) is 6.21. The van der Waals surface area contributed by atoms with E-state index in [-0.39, 0.29) is 16.9 Å². The van der Waals surface area contributed by atoms with E-state index in [9.17, 15) is 22.8 Å². The molecule has 1 aromatic carbocycles. The Kier molecular flexibility index (Phi) is 3.17. The van der Waals surface area contributed by atoms with Crippen LogP contribution in [0.3, 0.4) is 0 Å². The fourth-order valence-electron chi connectivity index (χ4n) is 2.16. The lowest BCUT2D eigenvalue weighted by Gasteiger charge is -2.12. The number of carbonyl (C=O) groups excluding carboxylic acids is 1. The molecule has 0 aliphatic rings. The molecule has 10 heteroatoms. The summed E-state index contributed by atoms with van der Waals surface area (Å²) in [5.41, 5.74) is 2.35. The van der Waals surface area contributed by atoms with Crippen molar-refractivity contribution in [2.24, 2.45) is 5.73 Å². The number of amides is 1. The zero-order valence-electron chi connectivity index (χ0n) is 11.3. The highest BCUT2D eigenvalue weighted by molar-refractivity contribution is 5.95. The van der Waals surface area contributed by atoms with Gasteiger partial charge in [0.15, 0.2) is 0 Å². The van der Waals surface area contributed by atoms with Gasteiger partial charge in [-0.15, -0.1) is 0 Å². The van der Waals surface area contributed by atoms with E-state index in [1.807, 2.05) is 0 Å². The second kappa shape index (κ2) is 4.93. The largest absolute Gasteiger partial charge is 0.417 e. The van der Waals surface area contributed by atoms with E-state index in [2.05, 4.69) is 15.1 Å². The van der Waals surface area contributed by atoms with Crippen molar-refractivity contribution < 1.29 is 18.0 Å². The maximum absolute atomic E-state index is 13.1. The standard InChI is InChI=1S/C13H8F3N5O2/c14-13(15,16)9-3-6(1-2-7(9)10(17)22)8-4-18-12-19-5-20-21(12)11(8)23/h1-5H,(H2,17,22)(H,18,19,20). The van der Waals surface area contributed by atoms with Gasteiger partial charge in [-0.3, -0.25) is 14.7 Å². The van der Waals surface area contributed by atoms with Gasteiger partial charge < -0.3 is 5.73 Å². The van der Waals surface area contributed by atoms with Gasteiger partial charge in [-0.1, -0.05) is 6.07 Å². The van der Waals surface area contributed by atoms with Gasteiger partial charge in [0, 0.05) is 6.20 Å². The molecule has 2 aromatic heterocycles. The van der Waals surface area contributed by atoms with Crippen LogP contribution in [0.4, 0.5) is 13.2 Å². The predicted octanol–water partition coefficient (Wildman–Crippen LogP) is 1.20. The molecule has 0 bridgehead atoms. The number of carbonyl (C=O) groups is 1. The molecule has 3 aromatic rings. The molecule has 3 rings (SSSR count). The molecular formula is C13H8F3N5O2. The number of fused-ring (bicyclic) bond motifs is 1. The molecule has 7 nitrogen and oxygen atoms in total. The van der Waals surface area contributed by atoms with Crippen LogP contribution in [0, 0.1) is 0 Å². The van der Waals surface area contributed by atoms with Gasteiger partial charge in [-0.05, 0) is 17.7 Å². The summed E-state index contributed by atoms with van der Waals surface area (Å²) in [4.78, 5) is 31.0. The first-order chi connectivity index (χ1) is 10.8. The molecular weight excluding hydrogens is 315 g/mol. The number of nitrogens with zero attached hydrogens (tertiary/aromatic N) is 3. The quantitative estimate of drug-likeness (QED) is 0.739. The van der Waals surface area contributed by atoms with Crippen molar-refractivity contribution in [3.63, 3.8) is 0 Å². The number of nitrogens with one attached hydrogen (secondary N) is 1. The Hall–Kier alpha value is -3.17. The lowest BCUT2D eigenvalue weighted by Crippen LogP contribution is -2.20. The third-order valence-electron chi connectivity index (χ3n) is 3.21. The fourth-order valence-corrected chi connectivity index (χ4v) is 2.16. The number of hydrogen-bond donors (Lipinski definition) is 2. The van der Waals surface area contributed by atoms with Crippen molar-refractivity contribution in [1.29, 1.82) is 0 Å². The third kappa shape index (κ3) is 2.43. The second-order valence-corrected chi connectivity index (χ2v) is 4.62. The van der Waals surface area contributed by atoms with Gasteiger partial charge in [0.05, 0.1) is 16.7 Å². The molecule has 0 aliphatic heterocycles. The number of halogens is 3. The molecule has 0 aliphatic carbocycles. The molecule has 0 fully saturated rings. The van der Waals surface area contributed by atoms with E-state index < -0.39 is 28.8 Å². The lowest BCUT2D eigenvalue weighted by molar-refractivity contribution is -0.137. The monoisotopic (exact) mass is 323 g/mol. The number of aromatic nitrogens is 4. The van der Waals surface area contributed by atoms with E-state index in [0.29, 0.717) is 6.07 Å². The lowest BCUT2D eigenvalue weighted by atomic mass is 10.00. The molecule has 3 N–H and O–H groups in total. The normalized spacial score (nSPS) is 11.8. The minimum absolute atomic E-state index is 0.0381. The molecule has 0 saturated carbocycles. The highest BCUT2D eigenvalue weighted by atomic mass is 19.4. The summed E-state index contributed by atoms with van der Waals surface area (Å²) in [6, 6.07) is 2.83. The Morgan fingerprint density at radius 2 is 2.00 bits per heavy atom. The topological polar surface area (TPSA) is 106 Å². The van der Waals surface area contributed by atoms with Crippen molar-refractivity contribution in [3.05, 3.63) is 52.2 Å². The van der Waals surface area contributed by atoms with Gasteiger partial charge in [-0.25, -0.2) is 9.97 Å². The van der Waals surface area contributed by atoms with Gasteiger partial charge in [0.1, 0.15) is 6.33 Å². The summed E-state index contributed by atoms with van der Waals surface area (Å²) >= 11 is 0. The number of H-pyrrole nitrogens is 1. The summed E-state index contributed by atoms with van der Waals surface area (Å²) < 4.78 is 40.2. The van der Waals surface area contributed by atoms with Crippen LogP contribution in [0.2, 0.25) is 0 Å². The van der Waals surface area contributed by atoms with Crippen LogP contribution >= 0.6 is 0 Å². The van der Waals surface area contributed by atoms with Crippen molar-refractivity contribution in [2.45, 2.75) is 6.18 Å². The van der Waals surface area contributed by atoms with Crippen molar-refractivity contribution in [3.8, 4) is 11.1 Å². The summed E-state index contributed by atoms with van der Waals surface area (Å²) in [7, 11) is 0. The summed E-state index contributed by atoms with van der Waals surface area (Å²) in [6.45, 7) is 0. The molecule has 118 valence electrons. The molecule has 0 radical (unpaired) electrons. The molecule has 0 atom stereocenters. The van der Waals surface area contributed by atoms with Crippen LogP contribution in [0.25, 0.3) is 16.9 Å². The van der Waals surface area contributed by atoms with E-state index >= 15 is 0 Å². The Bertz CT molecular complexity index is 974. The number of alkyl halides is 3. The minimum atomic E-state index is -4.79. The van der Waals surface area contributed by atoms with Gasteiger partial charge in [-0.2, -0.15) is 17.7 Å². The van der Waals surface area contributed by atoms with Gasteiger partial charge in [0.25, 0.3) is 11.3 Å². The first kappa shape index (κ1) is 14.8. The van der Waals surface area contributed by atoms with Crippen molar-refractivity contribution >= 4 is 11.7 Å². The third-order valence-corrected chi connectivity index (χ3v) is 3.21. The fraction of sp³-hybridized carbons (Fsp3) is 0.0769. The Balaban J connectivity index is 2.25. The molecule has 1 amide bonds. The molecule has 2 heterocycles. The Morgan fingerprint density at radius 1 is 1.26 bits per heavy atom. The van der Waals surface area contributed by atoms with E-state index in [4.69, 9.17) is 5.73 Å².